The van der Waals surface area contributed by atoms with Gasteiger partial charge in [0.25, 0.3) is 0 Å². The number of sulfonamides is 1. The Morgan fingerprint density at radius 1 is 1.39 bits per heavy atom. The van der Waals surface area contributed by atoms with Crippen LogP contribution in [0.3, 0.4) is 0 Å². The molecule has 1 fully saturated rings. The lowest BCUT2D eigenvalue weighted by atomic mass is 10.2. The van der Waals surface area contributed by atoms with Crippen molar-refractivity contribution < 1.29 is 13.2 Å². The van der Waals surface area contributed by atoms with Crippen molar-refractivity contribution in [1.82, 2.24) is 14.9 Å². The molecule has 0 aromatic rings. The number of hydrogen-bond acceptors (Lipinski definition) is 4. The Bertz CT molecular complexity index is 364. The van der Waals surface area contributed by atoms with Gasteiger partial charge in [-0.25, -0.2) is 8.42 Å². The number of amides is 1. The topological polar surface area (TPSA) is 78.5 Å². The van der Waals surface area contributed by atoms with E-state index < -0.39 is 10.0 Å². The van der Waals surface area contributed by atoms with E-state index in [1.165, 1.54) is 4.31 Å². The van der Waals surface area contributed by atoms with Crippen LogP contribution in [-0.2, 0) is 14.8 Å². The van der Waals surface area contributed by atoms with E-state index in [2.05, 4.69) is 10.6 Å². The molecule has 0 aromatic heterocycles. The van der Waals surface area contributed by atoms with E-state index in [9.17, 15) is 13.2 Å². The van der Waals surface area contributed by atoms with Gasteiger partial charge < -0.3 is 10.6 Å². The Balaban J connectivity index is 2.39. The highest BCUT2D eigenvalue weighted by molar-refractivity contribution is 7.89. The second-order valence-electron chi connectivity index (χ2n) is 4.59. The molecule has 1 saturated heterocycles. The molecule has 106 valence electrons. The van der Waals surface area contributed by atoms with Gasteiger partial charge in [-0.15, -0.1) is 0 Å². The van der Waals surface area contributed by atoms with Crippen LogP contribution in [0, 0.1) is 0 Å². The lowest BCUT2D eigenvalue weighted by Crippen LogP contribution is -2.47. The molecule has 1 atom stereocenters. The molecule has 1 unspecified atom stereocenters. The van der Waals surface area contributed by atoms with E-state index in [0.29, 0.717) is 26.2 Å². The van der Waals surface area contributed by atoms with Crippen molar-refractivity contribution in [3.05, 3.63) is 0 Å². The quantitative estimate of drug-likeness (QED) is 0.688. The van der Waals surface area contributed by atoms with Crippen molar-refractivity contribution in [3.63, 3.8) is 0 Å². The molecule has 0 bridgehead atoms. The van der Waals surface area contributed by atoms with Crippen LogP contribution in [-0.4, -0.2) is 56.6 Å². The molecule has 1 aliphatic heterocycles. The molecule has 6 nitrogen and oxygen atoms in total. The molecule has 2 N–H and O–H groups in total. The molecule has 1 aliphatic rings. The minimum atomic E-state index is -3.29. The van der Waals surface area contributed by atoms with Gasteiger partial charge in [0.05, 0.1) is 5.75 Å². The highest BCUT2D eigenvalue weighted by Gasteiger charge is 2.24. The number of carbonyl (C=O) groups excluding carboxylic acids is 1. The zero-order valence-corrected chi connectivity index (χ0v) is 11.9. The molecule has 0 saturated carbocycles. The Hall–Kier alpha value is -0.660. The SMILES string of the molecule is CCC(C)NC(=O)CCS(=O)(=O)N1CCNCC1. The van der Waals surface area contributed by atoms with E-state index in [4.69, 9.17) is 0 Å². The highest BCUT2D eigenvalue weighted by Crippen LogP contribution is 2.05. The summed E-state index contributed by atoms with van der Waals surface area (Å²) in [6, 6.07) is 0.0967. The third kappa shape index (κ3) is 4.91. The predicted octanol–water partition coefficient (Wildman–Crippen LogP) is -0.474. The maximum atomic E-state index is 12.0. The molecule has 7 heteroatoms. The first-order valence-corrected chi connectivity index (χ1v) is 8.04. The third-order valence-electron chi connectivity index (χ3n) is 3.08. The highest BCUT2D eigenvalue weighted by atomic mass is 32.2. The number of carbonyl (C=O) groups is 1. The fourth-order valence-corrected chi connectivity index (χ4v) is 3.16. The fourth-order valence-electron chi connectivity index (χ4n) is 1.72. The van der Waals surface area contributed by atoms with Gasteiger partial charge in [0.1, 0.15) is 0 Å². The van der Waals surface area contributed by atoms with Crippen LogP contribution in [0.5, 0.6) is 0 Å². The largest absolute Gasteiger partial charge is 0.354 e. The molecular formula is C11H23N3O3S. The number of rotatable bonds is 6. The minimum Gasteiger partial charge on any atom is -0.354 e. The maximum absolute atomic E-state index is 12.0. The summed E-state index contributed by atoms with van der Waals surface area (Å²) in [5.41, 5.74) is 0. The molecule has 1 rings (SSSR count). The summed E-state index contributed by atoms with van der Waals surface area (Å²) in [5, 5.41) is 5.87. The third-order valence-corrected chi connectivity index (χ3v) is 4.95. The van der Waals surface area contributed by atoms with Crippen molar-refractivity contribution in [1.29, 1.82) is 0 Å². The summed E-state index contributed by atoms with van der Waals surface area (Å²) in [6.07, 6.45) is 0.882. The van der Waals surface area contributed by atoms with Crippen LogP contribution in [0.15, 0.2) is 0 Å². The number of nitrogens with one attached hydrogen (secondary N) is 2. The zero-order valence-electron chi connectivity index (χ0n) is 11.1. The second-order valence-corrected chi connectivity index (χ2v) is 6.68. The monoisotopic (exact) mass is 277 g/mol. The second kappa shape index (κ2) is 7.06. The lowest BCUT2D eigenvalue weighted by molar-refractivity contribution is -0.121. The van der Waals surface area contributed by atoms with Crippen molar-refractivity contribution in [2.24, 2.45) is 0 Å². The molecule has 0 aliphatic carbocycles. The van der Waals surface area contributed by atoms with Crippen LogP contribution < -0.4 is 10.6 Å². The van der Waals surface area contributed by atoms with Crippen molar-refractivity contribution in [2.45, 2.75) is 32.7 Å². The lowest BCUT2D eigenvalue weighted by Gasteiger charge is -2.26. The van der Waals surface area contributed by atoms with Crippen molar-refractivity contribution >= 4 is 15.9 Å². The maximum Gasteiger partial charge on any atom is 0.221 e. The predicted molar refractivity (Wildman–Crippen MR) is 70.7 cm³/mol. The molecule has 18 heavy (non-hydrogen) atoms. The molecule has 0 radical (unpaired) electrons. The van der Waals surface area contributed by atoms with Gasteiger partial charge in [-0.3, -0.25) is 4.79 Å². The zero-order chi connectivity index (χ0) is 13.6. The molecule has 0 spiro atoms. The van der Waals surface area contributed by atoms with Crippen LogP contribution in [0.4, 0.5) is 0 Å². The molecule has 1 amide bonds. The summed E-state index contributed by atoms with van der Waals surface area (Å²) in [5.74, 6) is -0.294. The minimum absolute atomic E-state index is 0.0383. The first-order valence-electron chi connectivity index (χ1n) is 6.43. The van der Waals surface area contributed by atoms with Gasteiger partial charge in [0.2, 0.25) is 15.9 Å². The first kappa shape index (κ1) is 15.4. The van der Waals surface area contributed by atoms with Gasteiger partial charge in [-0.1, -0.05) is 6.92 Å². The summed E-state index contributed by atoms with van der Waals surface area (Å²) in [6.45, 7) is 6.23. The Morgan fingerprint density at radius 2 is 2.00 bits per heavy atom. The standard InChI is InChI=1S/C11H23N3O3S/c1-3-10(2)13-11(15)4-9-18(16,17)14-7-5-12-6-8-14/h10,12H,3-9H2,1-2H3,(H,13,15). The van der Waals surface area contributed by atoms with Crippen LogP contribution >= 0.6 is 0 Å². The summed E-state index contributed by atoms with van der Waals surface area (Å²) in [4.78, 5) is 11.5. The average Bonchev–Trinajstić information content (AvgIpc) is 2.37. The Kier molecular flexibility index (Phi) is 6.04. The van der Waals surface area contributed by atoms with Crippen molar-refractivity contribution in [2.75, 3.05) is 31.9 Å². The summed E-state index contributed by atoms with van der Waals surface area (Å²) < 4.78 is 25.4. The normalized spacial score (nSPS) is 19.4. The average molecular weight is 277 g/mol. The van der Waals surface area contributed by atoms with Crippen molar-refractivity contribution in [3.8, 4) is 0 Å². The van der Waals surface area contributed by atoms with E-state index in [1.54, 1.807) is 0 Å². The van der Waals surface area contributed by atoms with Crippen LogP contribution in [0.2, 0.25) is 0 Å². The van der Waals surface area contributed by atoms with Crippen LogP contribution in [0.25, 0.3) is 0 Å². The Labute approximate surface area is 109 Å². The molecule has 0 aromatic carbocycles. The van der Waals surface area contributed by atoms with Gasteiger partial charge in [0, 0.05) is 38.6 Å². The Morgan fingerprint density at radius 3 is 2.56 bits per heavy atom. The van der Waals surface area contributed by atoms with E-state index in [0.717, 1.165) is 6.42 Å². The number of piperazine rings is 1. The van der Waals surface area contributed by atoms with E-state index in [-0.39, 0.29) is 24.1 Å². The van der Waals surface area contributed by atoms with Gasteiger partial charge in [-0.2, -0.15) is 4.31 Å². The molecular weight excluding hydrogens is 254 g/mol. The van der Waals surface area contributed by atoms with Gasteiger partial charge in [-0.05, 0) is 13.3 Å². The van der Waals surface area contributed by atoms with Gasteiger partial charge >= 0.3 is 0 Å². The summed E-state index contributed by atoms with van der Waals surface area (Å²) >= 11 is 0. The van der Waals surface area contributed by atoms with E-state index in [1.807, 2.05) is 13.8 Å². The molecule has 1 heterocycles. The fraction of sp³-hybridized carbons (Fsp3) is 0.909. The number of nitrogens with zero attached hydrogens (tertiary/aromatic N) is 1. The van der Waals surface area contributed by atoms with Crippen LogP contribution in [0.1, 0.15) is 26.7 Å². The van der Waals surface area contributed by atoms with E-state index >= 15 is 0 Å². The summed E-state index contributed by atoms with van der Waals surface area (Å²) in [7, 11) is -3.29. The first-order chi connectivity index (χ1) is 8.45. The smallest absolute Gasteiger partial charge is 0.221 e. The number of hydrogen-bond donors (Lipinski definition) is 2. The van der Waals surface area contributed by atoms with Gasteiger partial charge in [0.15, 0.2) is 0 Å².